The van der Waals surface area contributed by atoms with E-state index >= 15 is 0 Å². The molecule has 2 rings (SSSR count). The Labute approximate surface area is 140 Å². The number of carbonyl (C=O) groups excluding carboxylic acids is 2. The molecule has 0 amide bonds. The molecule has 0 unspecified atom stereocenters. The highest BCUT2D eigenvalue weighted by Gasteiger charge is 2.33. The minimum Gasteiger partial charge on any atom is -0.462 e. The van der Waals surface area contributed by atoms with Crippen molar-refractivity contribution in [1.82, 2.24) is 0 Å². The predicted octanol–water partition coefficient (Wildman–Crippen LogP) is 4.54. The number of carbonyl (C=O) groups is 2. The minimum atomic E-state index is -0.723. The molecule has 0 bridgehead atoms. The summed E-state index contributed by atoms with van der Waals surface area (Å²) in [6.07, 6.45) is 13.0. The van der Waals surface area contributed by atoms with E-state index in [1.165, 1.54) is 12.8 Å². The summed E-state index contributed by atoms with van der Waals surface area (Å²) in [5, 5.41) is 0. The molecule has 2 aliphatic rings. The molecule has 0 aromatic heterocycles. The van der Waals surface area contributed by atoms with Crippen LogP contribution >= 0.6 is 0 Å². The van der Waals surface area contributed by atoms with Crippen LogP contribution < -0.4 is 0 Å². The van der Waals surface area contributed by atoms with Crippen LogP contribution in [0.3, 0.4) is 0 Å². The Kier molecular flexibility index (Phi) is 7.90. The minimum absolute atomic E-state index is 0.00265. The molecule has 0 saturated heterocycles. The Morgan fingerprint density at radius 2 is 1.26 bits per heavy atom. The van der Waals surface area contributed by atoms with Crippen molar-refractivity contribution in [2.75, 3.05) is 0 Å². The van der Waals surface area contributed by atoms with Crippen LogP contribution in [0.5, 0.6) is 0 Å². The number of hydrogen-bond donors (Lipinski definition) is 0. The lowest BCUT2D eigenvalue weighted by molar-refractivity contribution is -0.170. The quantitative estimate of drug-likeness (QED) is 0.509. The second kappa shape index (κ2) is 9.94. The molecule has 0 radical (unpaired) electrons. The monoisotopic (exact) mass is 324 g/mol. The SMILES string of the molecule is CCCCC(C(=O)OC1CCCCC1)C(=O)OC1CCCCC1. The largest absolute Gasteiger partial charge is 0.462 e. The Bertz CT molecular complexity index is 336. The lowest BCUT2D eigenvalue weighted by atomic mass is 9.96. The molecule has 4 heteroatoms. The second-order valence-corrected chi connectivity index (χ2v) is 7.09. The van der Waals surface area contributed by atoms with E-state index in [4.69, 9.17) is 9.47 Å². The van der Waals surface area contributed by atoms with Crippen LogP contribution in [0.1, 0.15) is 90.4 Å². The molecule has 0 heterocycles. The first-order valence-corrected chi connectivity index (χ1v) is 9.61. The number of esters is 2. The van der Waals surface area contributed by atoms with Crippen LogP contribution in [0.15, 0.2) is 0 Å². The van der Waals surface area contributed by atoms with Gasteiger partial charge < -0.3 is 9.47 Å². The molecule has 132 valence electrons. The summed E-state index contributed by atoms with van der Waals surface area (Å²) >= 11 is 0. The maximum atomic E-state index is 12.5. The van der Waals surface area contributed by atoms with Crippen LogP contribution in [0.4, 0.5) is 0 Å². The van der Waals surface area contributed by atoms with Gasteiger partial charge in [0, 0.05) is 0 Å². The van der Waals surface area contributed by atoms with Gasteiger partial charge in [0.15, 0.2) is 5.92 Å². The second-order valence-electron chi connectivity index (χ2n) is 7.09. The summed E-state index contributed by atoms with van der Waals surface area (Å²) in [6.45, 7) is 2.07. The normalized spacial score (nSPS) is 20.4. The zero-order valence-corrected chi connectivity index (χ0v) is 14.6. The highest BCUT2D eigenvalue weighted by molar-refractivity contribution is 5.95. The number of hydrogen-bond acceptors (Lipinski definition) is 4. The van der Waals surface area contributed by atoms with Gasteiger partial charge >= 0.3 is 11.9 Å². The topological polar surface area (TPSA) is 52.6 Å². The first-order chi connectivity index (χ1) is 11.2. The molecule has 2 aliphatic carbocycles. The standard InChI is InChI=1S/C19H32O4/c1-2-3-14-17(18(20)22-15-10-6-4-7-11-15)19(21)23-16-12-8-5-9-13-16/h15-17H,2-14H2,1H3. The van der Waals surface area contributed by atoms with Crippen molar-refractivity contribution in [3.05, 3.63) is 0 Å². The van der Waals surface area contributed by atoms with Crippen molar-refractivity contribution in [1.29, 1.82) is 0 Å². The van der Waals surface area contributed by atoms with Crippen molar-refractivity contribution >= 4 is 11.9 Å². The van der Waals surface area contributed by atoms with Gasteiger partial charge in [0.25, 0.3) is 0 Å². The van der Waals surface area contributed by atoms with E-state index in [2.05, 4.69) is 6.92 Å². The maximum absolute atomic E-state index is 12.5. The first kappa shape index (κ1) is 18.3. The van der Waals surface area contributed by atoms with Crippen molar-refractivity contribution in [3.63, 3.8) is 0 Å². The average Bonchev–Trinajstić information content (AvgIpc) is 2.57. The highest BCUT2D eigenvalue weighted by Crippen LogP contribution is 2.25. The molecule has 0 aromatic carbocycles. The summed E-state index contributed by atoms with van der Waals surface area (Å²) in [5.74, 6) is -1.43. The van der Waals surface area contributed by atoms with Gasteiger partial charge in [-0.3, -0.25) is 9.59 Å². The van der Waals surface area contributed by atoms with Crippen LogP contribution in [0, 0.1) is 5.92 Å². The van der Waals surface area contributed by atoms with Gasteiger partial charge in [0.2, 0.25) is 0 Å². The summed E-state index contributed by atoms with van der Waals surface area (Å²) < 4.78 is 11.2. The smallest absolute Gasteiger partial charge is 0.320 e. The Balaban J connectivity index is 1.87. The lowest BCUT2D eigenvalue weighted by Gasteiger charge is -2.26. The Morgan fingerprint density at radius 1 is 0.826 bits per heavy atom. The highest BCUT2D eigenvalue weighted by atomic mass is 16.6. The van der Waals surface area contributed by atoms with Crippen LogP contribution in [0.25, 0.3) is 0 Å². The Morgan fingerprint density at radius 3 is 1.65 bits per heavy atom. The molecule has 0 N–H and O–H groups in total. The van der Waals surface area contributed by atoms with Gasteiger partial charge in [-0.15, -0.1) is 0 Å². The zero-order chi connectivity index (χ0) is 16.5. The van der Waals surface area contributed by atoms with Crippen molar-refractivity contribution in [2.45, 2.75) is 103 Å². The van der Waals surface area contributed by atoms with Gasteiger partial charge in [-0.1, -0.05) is 32.6 Å². The molecule has 0 aromatic rings. The van der Waals surface area contributed by atoms with Gasteiger partial charge in [0.05, 0.1) is 0 Å². The fourth-order valence-electron chi connectivity index (χ4n) is 3.60. The van der Waals surface area contributed by atoms with E-state index in [1.807, 2.05) is 0 Å². The third kappa shape index (κ3) is 6.15. The Hall–Kier alpha value is -1.06. The first-order valence-electron chi connectivity index (χ1n) is 9.61. The van der Waals surface area contributed by atoms with Crippen LogP contribution in [-0.4, -0.2) is 24.1 Å². The van der Waals surface area contributed by atoms with E-state index < -0.39 is 5.92 Å². The lowest BCUT2D eigenvalue weighted by Crippen LogP contribution is -2.34. The fourth-order valence-corrected chi connectivity index (χ4v) is 3.60. The third-order valence-corrected chi connectivity index (χ3v) is 5.09. The number of unbranched alkanes of at least 4 members (excludes halogenated alkanes) is 1. The zero-order valence-electron chi connectivity index (χ0n) is 14.6. The summed E-state index contributed by atoms with van der Waals surface area (Å²) in [5.41, 5.74) is 0. The van der Waals surface area contributed by atoms with Crippen molar-refractivity contribution in [3.8, 4) is 0 Å². The molecular weight excluding hydrogens is 292 g/mol. The van der Waals surface area contributed by atoms with E-state index in [9.17, 15) is 9.59 Å². The van der Waals surface area contributed by atoms with Gasteiger partial charge in [-0.2, -0.15) is 0 Å². The average molecular weight is 324 g/mol. The predicted molar refractivity (Wildman–Crippen MR) is 88.9 cm³/mol. The third-order valence-electron chi connectivity index (χ3n) is 5.09. The molecule has 4 nitrogen and oxygen atoms in total. The van der Waals surface area contributed by atoms with E-state index in [0.29, 0.717) is 6.42 Å². The molecular formula is C19H32O4. The van der Waals surface area contributed by atoms with Gasteiger partial charge in [0.1, 0.15) is 12.2 Å². The molecule has 23 heavy (non-hydrogen) atoms. The maximum Gasteiger partial charge on any atom is 0.320 e. The van der Waals surface area contributed by atoms with E-state index in [1.54, 1.807) is 0 Å². The van der Waals surface area contributed by atoms with Crippen LogP contribution in [0.2, 0.25) is 0 Å². The number of ether oxygens (including phenoxy) is 2. The van der Waals surface area contributed by atoms with Gasteiger partial charge in [-0.05, 0) is 57.8 Å². The van der Waals surface area contributed by atoms with Crippen molar-refractivity contribution in [2.24, 2.45) is 5.92 Å². The molecule has 0 aliphatic heterocycles. The summed E-state index contributed by atoms with van der Waals surface area (Å²) in [7, 11) is 0. The summed E-state index contributed by atoms with van der Waals surface area (Å²) in [6, 6.07) is 0. The van der Waals surface area contributed by atoms with Crippen molar-refractivity contribution < 1.29 is 19.1 Å². The molecule has 0 spiro atoms. The van der Waals surface area contributed by atoms with E-state index in [-0.39, 0.29) is 24.1 Å². The fraction of sp³-hybridized carbons (Fsp3) is 0.895. The molecule has 2 saturated carbocycles. The molecule has 2 fully saturated rings. The van der Waals surface area contributed by atoms with E-state index in [0.717, 1.165) is 64.2 Å². The summed E-state index contributed by atoms with van der Waals surface area (Å²) in [4.78, 5) is 25.0. The van der Waals surface area contributed by atoms with Crippen LogP contribution in [-0.2, 0) is 19.1 Å². The van der Waals surface area contributed by atoms with Gasteiger partial charge in [-0.25, -0.2) is 0 Å². The number of rotatable bonds is 7. The molecule has 0 atom stereocenters.